The van der Waals surface area contributed by atoms with Gasteiger partial charge in [0.15, 0.2) is 0 Å². The van der Waals surface area contributed by atoms with Gasteiger partial charge in [-0.1, -0.05) is 0 Å². The summed E-state index contributed by atoms with van der Waals surface area (Å²) in [5.74, 6) is 0.393. The molecule has 0 aliphatic rings. The summed E-state index contributed by atoms with van der Waals surface area (Å²) >= 11 is 0. The van der Waals surface area contributed by atoms with Gasteiger partial charge in [0.25, 0.3) is 0 Å². The number of hydrogen-bond donors (Lipinski definition) is 1. The minimum Gasteiger partial charge on any atom is -0.369 e. The fourth-order valence-corrected chi connectivity index (χ4v) is 2.01. The molecular formula is C11H14N4O. The molecule has 0 fully saturated rings. The molecule has 0 saturated heterocycles. The molecule has 2 aromatic rings. The number of hydrogen-bond acceptors (Lipinski definition) is 3. The number of amides is 1. The minimum absolute atomic E-state index is 0.227. The number of fused-ring (bicyclic) bond motifs is 1. The standard InChI is InChI=1S/C11H14N4O/c1-6-10-8(4-9(12)16)5-15(3)11(10)14-7(2)13-6/h5H,4H2,1-3H3,(H2,12,16). The topological polar surface area (TPSA) is 73.8 Å². The summed E-state index contributed by atoms with van der Waals surface area (Å²) in [4.78, 5) is 19.6. The highest BCUT2D eigenvalue weighted by atomic mass is 16.1. The molecule has 0 aliphatic carbocycles. The van der Waals surface area contributed by atoms with Gasteiger partial charge in [-0.15, -0.1) is 0 Å². The fourth-order valence-electron chi connectivity index (χ4n) is 2.01. The van der Waals surface area contributed by atoms with Crippen molar-refractivity contribution in [3.05, 3.63) is 23.3 Å². The van der Waals surface area contributed by atoms with Crippen LogP contribution in [-0.4, -0.2) is 20.4 Å². The van der Waals surface area contributed by atoms with Crippen LogP contribution in [0.25, 0.3) is 11.0 Å². The Morgan fingerprint density at radius 1 is 1.44 bits per heavy atom. The monoisotopic (exact) mass is 218 g/mol. The number of rotatable bonds is 2. The average Bonchev–Trinajstić information content (AvgIpc) is 2.42. The van der Waals surface area contributed by atoms with Crippen LogP contribution < -0.4 is 5.73 Å². The van der Waals surface area contributed by atoms with Crippen LogP contribution in [0.2, 0.25) is 0 Å². The van der Waals surface area contributed by atoms with Gasteiger partial charge in [-0.25, -0.2) is 9.97 Å². The first-order valence-corrected chi connectivity index (χ1v) is 5.06. The van der Waals surface area contributed by atoms with Crippen molar-refractivity contribution in [2.24, 2.45) is 12.8 Å². The Balaban J connectivity index is 2.73. The molecule has 2 aromatic heterocycles. The van der Waals surface area contributed by atoms with Gasteiger partial charge in [-0.3, -0.25) is 4.79 Å². The molecule has 0 saturated carbocycles. The molecule has 2 N–H and O–H groups in total. The first kappa shape index (κ1) is 10.6. The summed E-state index contributed by atoms with van der Waals surface area (Å²) in [5, 5.41) is 0.937. The lowest BCUT2D eigenvalue weighted by Gasteiger charge is -2.01. The maximum atomic E-state index is 11.0. The van der Waals surface area contributed by atoms with E-state index >= 15 is 0 Å². The number of carbonyl (C=O) groups excluding carboxylic acids is 1. The Morgan fingerprint density at radius 3 is 2.75 bits per heavy atom. The zero-order chi connectivity index (χ0) is 11.9. The molecule has 0 spiro atoms. The Morgan fingerprint density at radius 2 is 2.12 bits per heavy atom. The molecule has 16 heavy (non-hydrogen) atoms. The van der Waals surface area contributed by atoms with Gasteiger partial charge >= 0.3 is 0 Å². The number of nitrogens with zero attached hydrogens (tertiary/aromatic N) is 3. The van der Waals surface area contributed by atoms with E-state index in [0.717, 1.165) is 28.1 Å². The molecule has 1 amide bonds. The normalized spacial score (nSPS) is 10.9. The third-order valence-corrected chi connectivity index (χ3v) is 2.55. The summed E-state index contributed by atoms with van der Waals surface area (Å²) in [5.41, 5.74) is 7.84. The molecule has 0 bridgehead atoms. The second kappa shape index (κ2) is 3.59. The molecule has 2 heterocycles. The van der Waals surface area contributed by atoms with E-state index in [1.54, 1.807) is 0 Å². The molecule has 5 heteroatoms. The van der Waals surface area contributed by atoms with E-state index < -0.39 is 0 Å². The van der Waals surface area contributed by atoms with E-state index in [-0.39, 0.29) is 12.3 Å². The van der Waals surface area contributed by atoms with Crippen LogP contribution in [0.15, 0.2) is 6.20 Å². The summed E-state index contributed by atoms with van der Waals surface area (Å²) in [7, 11) is 1.90. The average molecular weight is 218 g/mol. The molecule has 0 unspecified atom stereocenters. The third-order valence-electron chi connectivity index (χ3n) is 2.55. The van der Waals surface area contributed by atoms with E-state index in [9.17, 15) is 4.79 Å². The van der Waals surface area contributed by atoms with Gasteiger partial charge in [0.2, 0.25) is 5.91 Å². The van der Waals surface area contributed by atoms with Crippen LogP contribution in [-0.2, 0) is 18.3 Å². The highest BCUT2D eigenvalue weighted by Crippen LogP contribution is 2.22. The highest BCUT2D eigenvalue weighted by molar-refractivity contribution is 5.88. The fraction of sp³-hybridized carbons (Fsp3) is 0.364. The SMILES string of the molecule is Cc1nc(C)c2c(CC(N)=O)cn(C)c2n1. The minimum atomic E-state index is -0.340. The maximum absolute atomic E-state index is 11.0. The van der Waals surface area contributed by atoms with Crippen LogP contribution in [0.5, 0.6) is 0 Å². The zero-order valence-electron chi connectivity index (χ0n) is 9.61. The molecular weight excluding hydrogens is 204 g/mol. The summed E-state index contributed by atoms with van der Waals surface area (Å²) in [6, 6.07) is 0. The predicted octanol–water partition coefficient (Wildman–Crippen LogP) is 0.613. The molecule has 2 rings (SSSR count). The molecule has 0 aromatic carbocycles. The largest absolute Gasteiger partial charge is 0.369 e. The van der Waals surface area contributed by atoms with E-state index in [2.05, 4.69) is 9.97 Å². The van der Waals surface area contributed by atoms with Crippen molar-refractivity contribution < 1.29 is 4.79 Å². The smallest absolute Gasteiger partial charge is 0.221 e. The van der Waals surface area contributed by atoms with Crippen LogP contribution in [0.4, 0.5) is 0 Å². The Bertz CT molecular complexity index is 571. The molecule has 5 nitrogen and oxygen atoms in total. The van der Waals surface area contributed by atoms with Crippen molar-refractivity contribution in [3.63, 3.8) is 0 Å². The van der Waals surface area contributed by atoms with E-state index in [4.69, 9.17) is 5.73 Å². The summed E-state index contributed by atoms with van der Waals surface area (Å²) < 4.78 is 1.90. The van der Waals surface area contributed by atoms with Crippen LogP contribution in [0, 0.1) is 13.8 Å². The second-order valence-corrected chi connectivity index (χ2v) is 3.96. The molecule has 0 radical (unpaired) electrons. The highest BCUT2D eigenvalue weighted by Gasteiger charge is 2.13. The van der Waals surface area contributed by atoms with Gasteiger partial charge in [0.05, 0.1) is 12.1 Å². The van der Waals surface area contributed by atoms with Gasteiger partial charge in [0, 0.05) is 18.6 Å². The van der Waals surface area contributed by atoms with Crippen molar-refractivity contribution in [2.75, 3.05) is 0 Å². The first-order valence-electron chi connectivity index (χ1n) is 5.06. The molecule has 0 aliphatic heterocycles. The lowest BCUT2D eigenvalue weighted by atomic mass is 10.1. The summed E-state index contributed by atoms with van der Waals surface area (Å²) in [6.07, 6.45) is 2.11. The predicted molar refractivity (Wildman–Crippen MR) is 60.9 cm³/mol. The van der Waals surface area contributed by atoms with Crippen molar-refractivity contribution in [3.8, 4) is 0 Å². The van der Waals surface area contributed by atoms with Crippen molar-refractivity contribution >= 4 is 16.9 Å². The Labute approximate surface area is 93.3 Å². The third kappa shape index (κ3) is 1.64. The number of nitrogens with two attached hydrogens (primary N) is 1. The Hall–Kier alpha value is -1.91. The maximum Gasteiger partial charge on any atom is 0.221 e. The zero-order valence-corrected chi connectivity index (χ0v) is 9.61. The van der Waals surface area contributed by atoms with E-state index in [0.29, 0.717) is 0 Å². The lowest BCUT2D eigenvalue weighted by molar-refractivity contribution is -0.117. The van der Waals surface area contributed by atoms with E-state index in [1.807, 2.05) is 31.7 Å². The van der Waals surface area contributed by atoms with E-state index in [1.165, 1.54) is 0 Å². The van der Waals surface area contributed by atoms with Crippen LogP contribution in [0.3, 0.4) is 0 Å². The number of aryl methyl sites for hydroxylation is 3. The molecule has 0 atom stereocenters. The van der Waals surface area contributed by atoms with Gasteiger partial charge in [-0.2, -0.15) is 0 Å². The Kier molecular flexibility index (Phi) is 2.38. The van der Waals surface area contributed by atoms with Crippen molar-refractivity contribution in [1.29, 1.82) is 0 Å². The number of carbonyl (C=O) groups is 1. The molecule has 84 valence electrons. The quantitative estimate of drug-likeness (QED) is 0.802. The van der Waals surface area contributed by atoms with Gasteiger partial charge in [-0.05, 0) is 19.4 Å². The van der Waals surface area contributed by atoms with Crippen molar-refractivity contribution in [2.45, 2.75) is 20.3 Å². The first-order chi connectivity index (χ1) is 7.49. The van der Waals surface area contributed by atoms with Crippen molar-refractivity contribution in [1.82, 2.24) is 14.5 Å². The van der Waals surface area contributed by atoms with Gasteiger partial charge < -0.3 is 10.3 Å². The number of aromatic nitrogens is 3. The lowest BCUT2D eigenvalue weighted by Crippen LogP contribution is -2.13. The van der Waals surface area contributed by atoms with Gasteiger partial charge in [0.1, 0.15) is 11.5 Å². The summed E-state index contributed by atoms with van der Waals surface area (Å²) in [6.45, 7) is 3.77. The number of primary amides is 1. The van der Waals surface area contributed by atoms with Crippen LogP contribution in [0.1, 0.15) is 17.1 Å². The van der Waals surface area contributed by atoms with Crippen LogP contribution >= 0.6 is 0 Å². The second-order valence-electron chi connectivity index (χ2n) is 3.96.